The molecule has 2 aromatic rings. The molecule has 0 aromatic carbocycles. The average molecular weight is 224 g/mol. The molecular weight excluding hydrogens is 214 g/mol. The lowest BCUT2D eigenvalue weighted by Crippen LogP contribution is -2.03. The Hall–Kier alpha value is -1.55. The Labute approximate surface area is 92.1 Å². The van der Waals surface area contributed by atoms with Gasteiger partial charge in [-0.3, -0.25) is 9.48 Å². The van der Waals surface area contributed by atoms with Crippen LogP contribution in [-0.4, -0.2) is 20.6 Å². The zero-order chi connectivity index (χ0) is 10.8. The van der Waals surface area contributed by atoms with Gasteiger partial charge in [-0.15, -0.1) is 0 Å². The Morgan fingerprint density at radius 2 is 2.40 bits per heavy atom. The third-order valence-corrected chi connectivity index (χ3v) is 2.48. The first-order chi connectivity index (χ1) is 7.20. The number of aromatic nitrogens is 3. The highest BCUT2D eigenvalue weighted by atomic mass is 35.5. The van der Waals surface area contributed by atoms with E-state index in [1.807, 2.05) is 19.3 Å². The van der Waals surface area contributed by atoms with E-state index in [-0.39, 0.29) is 0 Å². The second kappa shape index (κ2) is 3.90. The fourth-order valence-corrected chi connectivity index (χ4v) is 1.69. The van der Waals surface area contributed by atoms with Crippen molar-refractivity contribution in [3.05, 3.63) is 40.9 Å². The average Bonchev–Trinajstić information content (AvgIpc) is 2.74. The summed E-state index contributed by atoms with van der Waals surface area (Å²) in [6, 6.07) is 3.57. The van der Waals surface area contributed by atoms with Crippen LogP contribution in [0.25, 0.3) is 0 Å². The van der Waals surface area contributed by atoms with Gasteiger partial charge in [0.1, 0.15) is 5.69 Å². The van der Waals surface area contributed by atoms with E-state index in [2.05, 4.69) is 5.10 Å². The fourth-order valence-electron chi connectivity index (χ4n) is 1.45. The lowest BCUT2D eigenvalue weighted by atomic mass is 10.4. The molecule has 0 radical (unpaired) electrons. The van der Waals surface area contributed by atoms with E-state index < -0.39 is 0 Å². The van der Waals surface area contributed by atoms with Gasteiger partial charge in [0, 0.05) is 19.4 Å². The molecule has 15 heavy (non-hydrogen) atoms. The van der Waals surface area contributed by atoms with Crippen LogP contribution in [0.3, 0.4) is 0 Å². The molecule has 2 aromatic heterocycles. The molecule has 4 nitrogen and oxygen atoms in total. The van der Waals surface area contributed by atoms with E-state index in [4.69, 9.17) is 11.6 Å². The van der Waals surface area contributed by atoms with E-state index in [0.29, 0.717) is 17.3 Å². The summed E-state index contributed by atoms with van der Waals surface area (Å²) in [5.74, 6) is 0. The van der Waals surface area contributed by atoms with Gasteiger partial charge in [-0.05, 0) is 12.1 Å². The molecule has 0 amide bonds. The van der Waals surface area contributed by atoms with E-state index >= 15 is 0 Å². The van der Waals surface area contributed by atoms with Crippen LogP contribution < -0.4 is 0 Å². The monoisotopic (exact) mass is 223 g/mol. The Bertz CT molecular complexity index is 487. The topological polar surface area (TPSA) is 39.8 Å². The molecule has 0 aliphatic rings. The fraction of sp³-hybridized carbons (Fsp3) is 0.200. The number of hydrogen-bond acceptors (Lipinski definition) is 2. The first-order valence-corrected chi connectivity index (χ1v) is 4.87. The molecule has 0 aliphatic carbocycles. The van der Waals surface area contributed by atoms with Gasteiger partial charge in [-0.1, -0.05) is 11.6 Å². The van der Waals surface area contributed by atoms with Gasteiger partial charge in [0.2, 0.25) is 0 Å². The van der Waals surface area contributed by atoms with Gasteiger partial charge < -0.3 is 4.57 Å². The highest BCUT2D eigenvalue weighted by molar-refractivity contribution is 6.31. The number of carbonyl (C=O) groups is 1. The zero-order valence-electron chi connectivity index (χ0n) is 8.22. The largest absolute Gasteiger partial charge is 0.339 e. The second-order valence-corrected chi connectivity index (χ2v) is 3.68. The summed E-state index contributed by atoms with van der Waals surface area (Å²) < 4.78 is 3.46. The summed E-state index contributed by atoms with van der Waals surface area (Å²) in [6.45, 7) is 0.515. The van der Waals surface area contributed by atoms with E-state index in [9.17, 15) is 4.79 Å². The normalized spacial score (nSPS) is 10.5. The Balaban J connectivity index is 2.29. The SMILES string of the molecule is Cn1cc(Cl)c(Cn2cccc2C=O)n1. The number of aryl methyl sites for hydroxylation is 1. The summed E-state index contributed by atoms with van der Waals surface area (Å²) in [4.78, 5) is 10.7. The first-order valence-electron chi connectivity index (χ1n) is 4.49. The minimum Gasteiger partial charge on any atom is -0.339 e. The molecule has 0 saturated carbocycles. The van der Waals surface area contributed by atoms with Crippen LogP contribution in [0.5, 0.6) is 0 Å². The summed E-state index contributed by atoms with van der Waals surface area (Å²) >= 11 is 5.97. The van der Waals surface area contributed by atoms with Crippen molar-refractivity contribution in [2.75, 3.05) is 0 Å². The van der Waals surface area contributed by atoms with E-state index in [0.717, 1.165) is 12.0 Å². The van der Waals surface area contributed by atoms with Gasteiger partial charge in [0.15, 0.2) is 6.29 Å². The third kappa shape index (κ3) is 1.94. The predicted molar refractivity (Wildman–Crippen MR) is 57.1 cm³/mol. The van der Waals surface area contributed by atoms with Gasteiger partial charge in [-0.2, -0.15) is 5.10 Å². The van der Waals surface area contributed by atoms with Crippen molar-refractivity contribution in [3.63, 3.8) is 0 Å². The molecule has 78 valence electrons. The van der Waals surface area contributed by atoms with Crippen LogP contribution in [0, 0.1) is 0 Å². The molecular formula is C10H10ClN3O. The Morgan fingerprint density at radius 1 is 1.60 bits per heavy atom. The smallest absolute Gasteiger partial charge is 0.166 e. The van der Waals surface area contributed by atoms with Crippen molar-refractivity contribution in [2.45, 2.75) is 6.54 Å². The molecule has 0 N–H and O–H groups in total. The summed E-state index contributed by atoms with van der Waals surface area (Å²) in [6.07, 6.45) is 4.38. The summed E-state index contributed by atoms with van der Waals surface area (Å²) in [7, 11) is 1.81. The maximum absolute atomic E-state index is 10.7. The van der Waals surface area contributed by atoms with Gasteiger partial charge >= 0.3 is 0 Å². The minimum atomic E-state index is 0.515. The van der Waals surface area contributed by atoms with Crippen LogP contribution in [0.1, 0.15) is 16.2 Å². The minimum absolute atomic E-state index is 0.515. The first kappa shape index (κ1) is 9.98. The van der Waals surface area contributed by atoms with Crippen molar-refractivity contribution in [2.24, 2.45) is 7.05 Å². The highest BCUT2D eigenvalue weighted by Crippen LogP contribution is 2.15. The predicted octanol–water partition coefficient (Wildman–Crippen LogP) is 1.74. The maximum atomic E-state index is 10.7. The van der Waals surface area contributed by atoms with E-state index in [1.54, 1.807) is 21.5 Å². The van der Waals surface area contributed by atoms with E-state index in [1.165, 1.54) is 0 Å². The molecule has 0 spiro atoms. The molecule has 5 heteroatoms. The van der Waals surface area contributed by atoms with Gasteiger partial charge in [0.25, 0.3) is 0 Å². The van der Waals surface area contributed by atoms with Crippen LogP contribution in [0.2, 0.25) is 5.02 Å². The summed E-state index contributed by atoms with van der Waals surface area (Å²) in [5.41, 5.74) is 1.38. The molecule has 0 aliphatic heterocycles. The Morgan fingerprint density at radius 3 is 3.00 bits per heavy atom. The lowest BCUT2D eigenvalue weighted by Gasteiger charge is -2.02. The number of carbonyl (C=O) groups excluding carboxylic acids is 1. The van der Waals surface area contributed by atoms with Crippen molar-refractivity contribution < 1.29 is 4.79 Å². The van der Waals surface area contributed by atoms with Crippen molar-refractivity contribution in [1.29, 1.82) is 0 Å². The Kier molecular flexibility index (Phi) is 2.60. The summed E-state index contributed by atoms with van der Waals surface area (Å²) in [5, 5.41) is 4.82. The number of rotatable bonds is 3. The number of hydrogen-bond donors (Lipinski definition) is 0. The maximum Gasteiger partial charge on any atom is 0.166 e. The molecule has 0 bridgehead atoms. The van der Waals surface area contributed by atoms with Crippen LogP contribution in [-0.2, 0) is 13.6 Å². The van der Waals surface area contributed by atoms with Crippen LogP contribution in [0.15, 0.2) is 24.5 Å². The third-order valence-electron chi connectivity index (χ3n) is 2.16. The molecule has 0 unspecified atom stereocenters. The molecule has 2 rings (SSSR count). The lowest BCUT2D eigenvalue weighted by molar-refractivity contribution is 0.111. The highest BCUT2D eigenvalue weighted by Gasteiger charge is 2.07. The number of halogens is 1. The second-order valence-electron chi connectivity index (χ2n) is 3.28. The zero-order valence-corrected chi connectivity index (χ0v) is 8.98. The van der Waals surface area contributed by atoms with Crippen molar-refractivity contribution in [1.82, 2.24) is 14.3 Å². The number of nitrogens with zero attached hydrogens (tertiary/aromatic N) is 3. The quantitative estimate of drug-likeness (QED) is 0.744. The van der Waals surface area contributed by atoms with Crippen LogP contribution in [0.4, 0.5) is 0 Å². The van der Waals surface area contributed by atoms with Crippen LogP contribution >= 0.6 is 11.6 Å². The molecule has 0 fully saturated rings. The van der Waals surface area contributed by atoms with Crippen molar-refractivity contribution >= 4 is 17.9 Å². The van der Waals surface area contributed by atoms with Gasteiger partial charge in [0.05, 0.1) is 17.3 Å². The molecule has 0 saturated heterocycles. The van der Waals surface area contributed by atoms with Gasteiger partial charge in [-0.25, -0.2) is 0 Å². The number of aldehydes is 1. The standard InChI is InChI=1S/C10H10ClN3O/c1-13-5-9(11)10(12-13)6-14-4-2-3-8(14)7-15/h2-5,7H,6H2,1H3. The molecule has 0 atom stereocenters. The van der Waals surface area contributed by atoms with Crippen molar-refractivity contribution in [3.8, 4) is 0 Å². The molecule has 2 heterocycles.